The van der Waals surface area contributed by atoms with E-state index < -0.39 is 17.1 Å². The summed E-state index contributed by atoms with van der Waals surface area (Å²) in [5.41, 5.74) is 4.05. The molecule has 1 saturated heterocycles. The summed E-state index contributed by atoms with van der Waals surface area (Å²) in [6, 6.07) is 18.4. The molecule has 0 spiro atoms. The molecule has 0 bridgehead atoms. The van der Waals surface area contributed by atoms with Gasteiger partial charge in [0.15, 0.2) is 0 Å². The first-order chi connectivity index (χ1) is 17.2. The van der Waals surface area contributed by atoms with E-state index >= 15 is 0 Å². The molecular weight excluding hydrogens is 564 g/mol. The van der Waals surface area contributed by atoms with Gasteiger partial charge in [-0.05, 0) is 67.6 Å². The van der Waals surface area contributed by atoms with Gasteiger partial charge in [-0.2, -0.15) is 0 Å². The van der Waals surface area contributed by atoms with Gasteiger partial charge in [-0.25, -0.2) is 0 Å². The molecule has 1 fully saturated rings. The Labute approximate surface area is 226 Å². The molecule has 1 aliphatic heterocycles. The number of amides is 3. The number of benzene rings is 3. The minimum atomic E-state index is -0.530. The number of carbonyl (C=O) groups excluding carboxylic acids is 3. The van der Waals surface area contributed by atoms with Crippen LogP contribution in [0.15, 0.2) is 70.0 Å². The first kappa shape index (κ1) is 26.0. The third kappa shape index (κ3) is 6.19. The fraction of sp³-hybridized carbons (Fsp3) is 0.148. The second kappa shape index (κ2) is 11.3. The molecule has 0 aliphatic carbocycles. The minimum absolute atomic E-state index is 0.208. The number of rotatable bonds is 7. The second-order valence-corrected chi connectivity index (χ2v) is 10.5. The molecule has 184 valence electrons. The number of nitrogens with one attached hydrogen (secondary N) is 1. The maximum Gasteiger partial charge on any atom is 0.294 e. The van der Waals surface area contributed by atoms with Crippen LogP contribution in [0.2, 0.25) is 5.02 Å². The Hall–Kier alpha value is -3.07. The fourth-order valence-corrected chi connectivity index (χ4v) is 5.00. The number of halogens is 2. The second-order valence-electron chi connectivity index (χ2n) is 8.20. The molecule has 1 aliphatic rings. The number of nitrogens with zero attached hydrogens (tertiary/aromatic N) is 1. The summed E-state index contributed by atoms with van der Waals surface area (Å²) < 4.78 is 6.76. The average Bonchev–Trinajstić information content (AvgIpc) is 3.08. The molecule has 3 aromatic rings. The first-order valence-corrected chi connectivity index (χ1v) is 13.0. The maximum absolute atomic E-state index is 13.0. The third-order valence-corrected chi connectivity index (χ3v) is 7.20. The minimum Gasteiger partial charge on any atom is -0.488 e. The standard InChI is InChI=1S/C27H22BrClN2O4S/c1-16-7-9-22(17(2)11-16)30-25(32)14-31-26(33)24(36-27(31)34)13-19-12-20(28)8-10-23(19)35-15-18-5-3-4-6-21(18)29/h3-13H,14-15H2,1-2H3,(H,30,32)/b24-13+. The Balaban J connectivity index is 1.49. The Morgan fingerprint density at radius 2 is 1.89 bits per heavy atom. The van der Waals surface area contributed by atoms with Gasteiger partial charge in [0, 0.05) is 26.3 Å². The Bertz CT molecular complexity index is 1390. The topological polar surface area (TPSA) is 75.7 Å². The van der Waals surface area contributed by atoms with Gasteiger partial charge < -0.3 is 10.1 Å². The van der Waals surface area contributed by atoms with E-state index in [4.69, 9.17) is 16.3 Å². The number of hydrogen-bond acceptors (Lipinski definition) is 5. The maximum atomic E-state index is 13.0. The van der Waals surface area contributed by atoms with Crippen molar-refractivity contribution < 1.29 is 19.1 Å². The van der Waals surface area contributed by atoms with Crippen LogP contribution in [0.3, 0.4) is 0 Å². The summed E-state index contributed by atoms with van der Waals surface area (Å²) in [7, 11) is 0. The molecule has 36 heavy (non-hydrogen) atoms. The highest BCUT2D eigenvalue weighted by atomic mass is 79.9. The highest BCUT2D eigenvalue weighted by molar-refractivity contribution is 9.10. The molecule has 0 radical (unpaired) electrons. The van der Waals surface area contributed by atoms with Gasteiger partial charge in [0.05, 0.1) is 4.91 Å². The molecule has 1 N–H and O–H groups in total. The van der Waals surface area contributed by atoms with Crippen molar-refractivity contribution in [1.82, 2.24) is 4.90 Å². The number of carbonyl (C=O) groups is 3. The van der Waals surface area contributed by atoms with Crippen molar-refractivity contribution in [3.63, 3.8) is 0 Å². The molecule has 1 heterocycles. The number of aryl methyl sites for hydroxylation is 2. The molecule has 9 heteroatoms. The summed E-state index contributed by atoms with van der Waals surface area (Å²) in [5.74, 6) is -0.452. The number of imide groups is 1. The lowest BCUT2D eigenvalue weighted by Gasteiger charge is -2.14. The summed E-state index contributed by atoms with van der Waals surface area (Å²) >= 11 is 10.5. The van der Waals surface area contributed by atoms with Gasteiger partial charge in [0.25, 0.3) is 11.1 Å². The molecule has 0 saturated carbocycles. The lowest BCUT2D eigenvalue weighted by Crippen LogP contribution is -2.36. The Morgan fingerprint density at radius 1 is 1.11 bits per heavy atom. The molecule has 6 nitrogen and oxygen atoms in total. The summed E-state index contributed by atoms with van der Waals surface area (Å²) in [5, 5.41) is 2.86. The highest BCUT2D eigenvalue weighted by Crippen LogP contribution is 2.35. The fourth-order valence-electron chi connectivity index (χ4n) is 3.60. The first-order valence-electron chi connectivity index (χ1n) is 11.0. The molecule has 0 aromatic heterocycles. The van der Waals surface area contributed by atoms with Crippen LogP contribution >= 0.6 is 39.3 Å². The SMILES string of the molecule is Cc1ccc(NC(=O)CN2C(=O)S/C(=C/c3cc(Br)ccc3OCc3ccccc3Cl)C2=O)c(C)c1. The number of anilines is 1. The van der Waals surface area contributed by atoms with E-state index in [-0.39, 0.29) is 18.1 Å². The highest BCUT2D eigenvalue weighted by Gasteiger charge is 2.36. The molecule has 4 rings (SSSR count). The van der Waals surface area contributed by atoms with Gasteiger partial charge in [-0.1, -0.05) is 63.4 Å². The summed E-state index contributed by atoms with van der Waals surface area (Å²) in [6.45, 7) is 3.71. The van der Waals surface area contributed by atoms with Crippen molar-refractivity contribution in [2.24, 2.45) is 0 Å². The molecule has 0 unspecified atom stereocenters. The molecular formula is C27H22BrClN2O4S. The van der Waals surface area contributed by atoms with E-state index in [1.54, 1.807) is 30.3 Å². The average molecular weight is 586 g/mol. The quantitative estimate of drug-likeness (QED) is 0.303. The smallest absolute Gasteiger partial charge is 0.294 e. The van der Waals surface area contributed by atoms with Crippen molar-refractivity contribution in [2.45, 2.75) is 20.5 Å². The molecule has 0 atom stereocenters. The van der Waals surface area contributed by atoms with E-state index in [0.717, 1.165) is 37.8 Å². The van der Waals surface area contributed by atoms with Crippen molar-refractivity contribution in [3.8, 4) is 5.75 Å². The summed E-state index contributed by atoms with van der Waals surface area (Å²) in [4.78, 5) is 39.3. The van der Waals surface area contributed by atoms with Crippen LogP contribution in [0.1, 0.15) is 22.3 Å². The predicted octanol–water partition coefficient (Wildman–Crippen LogP) is 6.97. The normalized spacial score (nSPS) is 14.4. The van der Waals surface area contributed by atoms with Gasteiger partial charge in [-0.15, -0.1) is 0 Å². The van der Waals surface area contributed by atoms with Crippen LogP contribution in [0.25, 0.3) is 6.08 Å². The van der Waals surface area contributed by atoms with Crippen molar-refractivity contribution >= 4 is 68.1 Å². The van der Waals surface area contributed by atoms with Gasteiger partial charge in [0.1, 0.15) is 18.9 Å². The van der Waals surface area contributed by atoms with Gasteiger partial charge >= 0.3 is 0 Å². The lowest BCUT2D eigenvalue weighted by atomic mass is 10.1. The molecule has 3 aromatic carbocycles. The number of thioether (sulfide) groups is 1. The van der Waals surface area contributed by atoms with Crippen molar-refractivity contribution in [1.29, 1.82) is 0 Å². The van der Waals surface area contributed by atoms with Crippen molar-refractivity contribution in [2.75, 3.05) is 11.9 Å². The van der Waals surface area contributed by atoms with E-state index in [9.17, 15) is 14.4 Å². The zero-order valence-corrected chi connectivity index (χ0v) is 22.7. The van der Waals surface area contributed by atoms with Crippen molar-refractivity contribution in [3.05, 3.63) is 97.3 Å². The van der Waals surface area contributed by atoms with E-state index in [1.807, 2.05) is 50.2 Å². The van der Waals surface area contributed by atoms with E-state index in [2.05, 4.69) is 21.2 Å². The Kier molecular flexibility index (Phi) is 8.18. The molecule has 3 amide bonds. The largest absolute Gasteiger partial charge is 0.488 e. The van der Waals surface area contributed by atoms with Gasteiger partial charge in [0.2, 0.25) is 5.91 Å². The number of hydrogen-bond donors (Lipinski definition) is 1. The number of ether oxygens (including phenoxy) is 1. The van der Waals surface area contributed by atoms with Crippen LogP contribution in [0.5, 0.6) is 5.75 Å². The van der Waals surface area contributed by atoms with Crippen LogP contribution in [-0.4, -0.2) is 28.5 Å². The van der Waals surface area contributed by atoms with E-state index in [0.29, 0.717) is 22.0 Å². The zero-order valence-electron chi connectivity index (χ0n) is 19.5. The summed E-state index contributed by atoms with van der Waals surface area (Å²) in [6.07, 6.45) is 1.60. The van der Waals surface area contributed by atoms with Crippen LogP contribution in [0, 0.1) is 13.8 Å². The van der Waals surface area contributed by atoms with Crippen LogP contribution in [-0.2, 0) is 16.2 Å². The van der Waals surface area contributed by atoms with Gasteiger partial charge in [-0.3, -0.25) is 19.3 Å². The predicted molar refractivity (Wildman–Crippen MR) is 147 cm³/mol. The third-order valence-electron chi connectivity index (χ3n) is 5.43. The zero-order chi connectivity index (χ0) is 25.8. The Morgan fingerprint density at radius 3 is 2.64 bits per heavy atom. The monoisotopic (exact) mass is 584 g/mol. The lowest BCUT2D eigenvalue weighted by molar-refractivity contribution is -0.127. The van der Waals surface area contributed by atoms with Crippen LogP contribution in [0.4, 0.5) is 10.5 Å². The van der Waals surface area contributed by atoms with E-state index in [1.165, 1.54) is 0 Å². The van der Waals surface area contributed by atoms with Crippen LogP contribution < -0.4 is 10.1 Å².